The Kier molecular flexibility index (Phi) is 9.37. The number of rotatable bonds is 10. The Morgan fingerprint density at radius 1 is 1.07 bits per heavy atom. The third-order valence-corrected chi connectivity index (χ3v) is 6.18. The third-order valence-electron chi connectivity index (χ3n) is 5.21. The molecule has 0 saturated carbocycles. The summed E-state index contributed by atoms with van der Waals surface area (Å²) in [6.45, 7) is 8.07. The Bertz CT molecular complexity index is 859. The number of carbonyl (C=O) groups excluding carboxylic acids is 2. The third kappa shape index (κ3) is 6.87. The van der Waals surface area contributed by atoms with E-state index in [-0.39, 0.29) is 29.4 Å². The maximum Gasteiger partial charge on any atom is 0.242 e. The number of benzene rings is 2. The van der Waals surface area contributed by atoms with E-state index in [2.05, 4.69) is 5.32 Å². The lowest BCUT2D eigenvalue weighted by Crippen LogP contribution is -2.50. The summed E-state index contributed by atoms with van der Waals surface area (Å²) in [6.07, 6.45) is 0.822. The van der Waals surface area contributed by atoms with Gasteiger partial charge in [0.15, 0.2) is 0 Å². The van der Waals surface area contributed by atoms with Crippen LogP contribution < -0.4 is 5.32 Å². The van der Waals surface area contributed by atoms with Crippen molar-refractivity contribution in [1.29, 1.82) is 0 Å². The first-order valence-corrected chi connectivity index (χ1v) is 11.4. The Balaban J connectivity index is 2.10. The predicted octanol–water partition coefficient (Wildman–Crippen LogP) is 4.70. The van der Waals surface area contributed by atoms with E-state index in [1.807, 2.05) is 45.0 Å². The van der Waals surface area contributed by atoms with Crippen molar-refractivity contribution >= 4 is 23.6 Å². The highest BCUT2D eigenvalue weighted by Crippen LogP contribution is 2.19. The van der Waals surface area contributed by atoms with Crippen LogP contribution in [0.4, 0.5) is 4.39 Å². The average molecular weight is 431 g/mol. The molecule has 0 heterocycles. The zero-order valence-electron chi connectivity index (χ0n) is 18.2. The number of aryl methyl sites for hydroxylation is 1. The van der Waals surface area contributed by atoms with Gasteiger partial charge in [0.25, 0.3) is 0 Å². The van der Waals surface area contributed by atoms with Crippen molar-refractivity contribution in [2.45, 2.75) is 58.5 Å². The number of nitrogens with zero attached hydrogens (tertiary/aromatic N) is 1. The van der Waals surface area contributed by atoms with Gasteiger partial charge in [-0.15, -0.1) is 11.8 Å². The molecule has 2 aromatic rings. The Hall–Kier alpha value is -2.34. The molecule has 2 atom stereocenters. The van der Waals surface area contributed by atoms with Crippen LogP contribution in [0.1, 0.15) is 43.9 Å². The van der Waals surface area contributed by atoms with Crippen LogP contribution in [0.2, 0.25) is 0 Å². The highest BCUT2D eigenvalue weighted by molar-refractivity contribution is 7.99. The maximum atomic E-state index is 13.8. The predicted molar refractivity (Wildman–Crippen MR) is 122 cm³/mol. The number of nitrogens with one attached hydrogen (secondary N) is 1. The Morgan fingerprint density at radius 2 is 1.70 bits per heavy atom. The van der Waals surface area contributed by atoms with E-state index >= 15 is 0 Å². The molecular formula is C24H31FN2O2S. The molecule has 2 rings (SSSR count). The summed E-state index contributed by atoms with van der Waals surface area (Å²) in [7, 11) is 0. The van der Waals surface area contributed by atoms with Gasteiger partial charge in [0.05, 0.1) is 5.75 Å². The van der Waals surface area contributed by atoms with Crippen molar-refractivity contribution in [3.8, 4) is 0 Å². The first-order valence-electron chi connectivity index (χ1n) is 10.3. The lowest BCUT2D eigenvalue weighted by atomic mass is 10.1. The van der Waals surface area contributed by atoms with Gasteiger partial charge in [-0.2, -0.15) is 0 Å². The van der Waals surface area contributed by atoms with Crippen molar-refractivity contribution in [2.24, 2.45) is 0 Å². The maximum absolute atomic E-state index is 13.8. The van der Waals surface area contributed by atoms with Crippen LogP contribution in [-0.2, 0) is 21.9 Å². The van der Waals surface area contributed by atoms with E-state index in [9.17, 15) is 14.0 Å². The summed E-state index contributed by atoms with van der Waals surface area (Å²) >= 11 is 1.36. The number of hydrogen-bond donors (Lipinski definition) is 1. The van der Waals surface area contributed by atoms with Crippen LogP contribution in [0, 0.1) is 12.7 Å². The van der Waals surface area contributed by atoms with Crippen molar-refractivity contribution in [3.63, 3.8) is 0 Å². The monoisotopic (exact) mass is 430 g/mol. The summed E-state index contributed by atoms with van der Waals surface area (Å²) < 4.78 is 13.8. The first-order chi connectivity index (χ1) is 14.3. The van der Waals surface area contributed by atoms with Crippen molar-refractivity contribution in [2.75, 3.05) is 5.75 Å². The molecule has 4 nitrogen and oxygen atoms in total. The highest BCUT2D eigenvalue weighted by Gasteiger charge is 2.27. The molecule has 30 heavy (non-hydrogen) atoms. The minimum absolute atomic E-state index is 0.0470. The lowest BCUT2D eigenvalue weighted by Gasteiger charge is -2.30. The molecule has 2 amide bonds. The molecule has 0 radical (unpaired) electrons. The molecule has 0 aliphatic carbocycles. The van der Waals surface area contributed by atoms with E-state index in [1.54, 1.807) is 30.0 Å². The molecule has 0 saturated heterocycles. The van der Waals surface area contributed by atoms with E-state index in [4.69, 9.17) is 0 Å². The van der Waals surface area contributed by atoms with Crippen molar-refractivity contribution in [1.82, 2.24) is 10.2 Å². The molecular weight excluding hydrogens is 399 g/mol. The summed E-state index contributed by atoms with van der Waals surface area (Å²) in [4.78, 5) is 27.4. The second-order valence-corrected chi connectivity index (χ2v) is 8.51. The SMILES string of the molecule is CC[C@@H](C)NC(=O)[C@H](C)N(Cc1ccccc1C)C(=O)CSCc1ccccc1F. The van der Waals surface area contributed by atoms with Crippen LogP contribution in [0.15, 0.2) is 48.5 Å². The van der Waals surface area contributed by atoms with Crippen LogP contribution in [0.25, 0.3) is 0 Å². The van der Waals surface area contributed by atoms with E-state index in [0.29, 0.717) is 17.9 Å². The number of carbonyl (C=O) groups is 2. The second kappa shape index (κ2) is 11.7. The van der Waals surface area contributed by atoms with Gasteiger partial charge in [0.1, 0.15) is 11.9 Å². The summed E-state index contributed by atoms with van der Waals surface area (Å²) in [6, 6.07) is 13.9. The average Bonchev–Trinajstić information content (AvgIpc) is 2.73. The number of amides is 2. The molecule has 0 bridgehead atoms. The Labute approximate surface area is 183 Å². The molecule has 6 heteroatoms. The topological polar surface area (TPSA) is 49.4 Å². The highest BCUT2D eigenvalue weighted by atomic mass is 32.2. The minimum Gasteiger partial charge on any atom is -0.352 e. The largest absolute Gasteiger partial charge is 0.352 e. The van der Waals surface area contributed by atoms with Gasteiger partial charge in [-0.1, -0.05) is 49.4 Å². The first kappa shape index (κ1) is 23.9. The summed E-state index contributed by atoms with van der Waals surface area (Å²) in [5.74, 6) is 0.0258. The van der Waals surface area contributed by atoms with Gasteiger partial charge < -0.3 is 10.2 Å². The molecule has 0 aromatic heterocycles. The quantitative estimate of drug-likeness (QED) is 0.594. The van der Waals surface area contributed by atoms with E-state index in [1.165, 1.54) is 17.8 Å². The van der Waals surface area contributed by atoms with Crippen LogP contribution in [0.5, 0.6) is 0 Å². The second-order valence-electron chi connectivity index (χ2n) is 7.53. The smallest absolute Gasteiger partial charge is 0.242 e. The molecule has 2 aromatic carbocycles. The summed E-state index contributed by atoms with van der Waals surface area (Å²) in [5.41, 5.74) is 2.65. The zero-order chi connectivity index (χ0) is 22.1. The fourth-order valence-corrected chi connectivity index (χ4v) is 3.86. The van der Waals surface area contributed by atoms with Gasteiger partial charge in [0, 0.05) is 18.3 Å². The summed E-state index contributed by atoms with van der Waals surface area (Å²) in [5, 5.41) is 2.97. The lowest BCUT2D eigenvalue weighted by molar-refractivity contribution is -0.138. The number of hydrogen-bond acceptors (Lipinski definition) is 3. The molecule has 1 N–H and O–H groups in total. The van der Waals surface area contributed by atoms with Gasteiger partial charge in [0.2, 0.25) is 11.8 Å². The molecule has 0 aliphatic rings. The molecule has 0 unspecified atom stereocenters. The van der Waals surface area contributed by atoms with Gasteiger partial charge in [-0.25, -0.2) is 4.39 Å². The normalized spacial score (nSPS) is 12.8. The zero-order valence-corrected chi connectivity index (χ0v) is 19.0. The molecule has 162 valence electrons. The fraction of sp³-hybridized carbons (Fsp3) is 0.417. The molecule has 0 fully saturated rings. The van der Waals surface area contributed by atoms with Gasteiger partial charge in [-0.05, 0) is 49.9 Å². The van der Waals surface area contributed by atoms with Gasteiger partial charge >= 0.3 is 0 Å². The molecule has 0 aliphatic heterocycles. The van der Waals surface area contributed by atoms with E-state index in [0.717, 1.165) is 17.5 Å². The Morgan fingerprint density at radius 3 is 2.33 bits per heavy atom. The van der Waals surface area contributed by atoms with Crippen molar-refractivity contribution < 1.29 is 14.0 Å². The van der Waals surface area contributed by atoms with Crippen molar-refractivity contribution in [3.05, 3.63) is 71.0 Å². The van der Waals surface area contributed by atoms with Crippen LogP contribution >= 0.6 is 11.8 Å². The van der Waals surface area contributed by atoms with E-state index < -0.39 is 6.04 Å². The standard InChI is InChI=1S/C24H31FN2O2S/c1-5-18(3)26-24(29)19(4)27(14-20-11-7-6-10-17(20)2)23(28)16-30-15-21-12-8-9-13-22(21)25/h6-13,18-19H,5,14-16H2,1-4H3,(H,26,29)/t18-,19+/m1/s1. The van der Waals surface area contributed by atoms with Gasteiger partial charge in [-0.3, -0.25) is 9.59 Å². The fourth-order valence-electron chi connectivity index (χ4n) is 2.97. The number of thioether (sulfide) groups is 1. The number of halogens is 1. The van der Waals surface area contributed by atoms with Crippen LogP contribution in [-0.4, -0.2) is 34.6 Å². The van der Waals surface area contributed by atoms with Crippen LogP contribution in [0.3, 0.4) is 0 Å². The molecule has 0 spiro atoms. The minimum atomic E-state index is -0.597.